The van der Waals surface area contributed by atoms with Crippen LogP contribution in [-0.2, 0) is 6.54 Å². The van der Waals surface area contributed by atoms with E-state index in [9.17, 15) is 9.18 Å². The molecule has 7 heteroatoms. The molecule has 2 aromatic heterocycles. The number of imidazole rings is 1. The summed E-state index contributed by atoms with van der Waals surface area (Å²) in [6.07, 6.45) is 3.97. The standard InChI is InChI=1S/C27H26BrFN4O/c1-18-26(33-17-22(28)6-11-25(33)31-18)27(34)30-16-19-2-9-24(10-3-19)32-14-12-21(13-15-32)20-4-7-23(29)8-5-20/h2-11,17,21H,12-16H2,1H3,(H,30,34). The maximum Gasteiger partial charge on any atom is 0.270 e. The number of anilines is 1. The van der Waals surface area contributed by atoms with Crippen molar-refractivity contribution in [3.05, 3.63) is 99.7 Å². The van der Waals surface area contributed by atoms with Gasteiger partial charge in [0, 0.05) is 36.0 Å². The van der Waals surface area contributed by atoms with Gasteiger partial charge in [0.25, 0.3) is 5.91 Å². The molecule has 0 bridgehead atoms. The zero-order valence-corrected chi connectivity index (χ0v) is 20.6. The van der Waals surface area contributed by atoms with Crippen molar-refractivity contribution >= 4 is 33.2 Å². The molecule has 0 aliphatic carbocycles. The Hall–Kier alpha value is -3.19. The minimum absolute atomic E-state index is 0.143. The van der Waals surface area contributed by atoms with Crippen molar-refractivity contribution in [3.63, 3.8) is 0 Å². The number of piperidine rings is 1. The summed E-state index contributed by atoms with van der Waals surface area (Å²) in [4.78, 5) is 19.8. The van der Waals surface area contributed by atoms with E-state index in [1.807, 2.05) is 41.8 Å². The van der Waals surface area contributed by atoms with Gasteiger partial charge in [0.15, 0.2) is 0 Å². The monoisotopic (exact) mass is 520 g/mol. The average Bonchev–Trinajstić information content (AvgIpc) is 3.18. The highest BCUT2D eigenvalue weighted by Crippen LogP contribution is 2.30. The zero-order valence-electron chi connectivity index (χ0n) is 19.0. The first-order valence-electron chi connectivity index (χ1n) is 11.5. The van der Waals surface area contributed by atoms with Crippen LogP contribution in [0.3, 0.4) is 0 Å². The number of amides is 1. The third-order valence-electron chi connectivity index (χ3n) is 6.56. The van der Waals surface area contributed by atoms with Gasteiger partial charge in [-0.15, -0.1) is 0 Å². The maximum atomic E-state index is 13.2. The molecule has 5 rings (SSSR count). The van der Waals surface area contributed by atoms with Gasteiger partial charge < -0.3 is 10.2 Å². The number of pyridine rings is 1. The lowest BCUT2D eigenvalue weighted by molar-refractivity contribution is 0.0944. The van der Waals surface area contributed by atoms with E-state index in [-0.39, 0.29) is 11.7 Å². The molecule has 1 N–H and O–H groups in total. The second-order valence-electron chi connectivity index (χ2n) is 8.78. The van der Waals surface area contributed by atoms with E-state index in [2.05, 4.69) is 55.4 Å². The lowest BCUT2D eigenvalue weighted by atomic mass is 9.89. The molecule has 0 spiro atoms. The smallest absolute Gasteiger partial charge is 0.270 e. The van der Waals surface area contributed by atoms with E-state index in [1.165, 1.54) is 11.3 Å². The lowest BCUT2D eigenvalue weighted by Crippen LogP contribution is -2.32. The van der Waals surface area contributed by atoms with Gasteiger partial charge in [0.05, 0.1) is 5.69 Å². The fraction of sp³-hybridized carbons (Fsp3) is 0.259. The molecule has 1 aliphatic heterocycles. The molecule has 174 valence electrons. The highest BCUT2D eigenvalue weighted by atomic mass is 79.9. The van der Waals surface area contributed by atoms with Crippen molar-refractivity contribution in [1.82, 2.24) is 14.7 Å². The van der Waals surface area contributed by atoms with Gasteiger partial charge in [-0.3, -0.25) is 9.20 Å². The van der Waals surface area contributed by atoms with Crippen LogP contribution in [0, 0.1) is 12.7 Å². The predicted molar refractivity (Wildman–Crippen MR) is 136 cm³/mol. The van der Waals surface area contributed by atoms with Gasteiger partial charge in [-0.05, 0) is 89.1 Å². The summed E-state index contributed by atoms with van der Waals surface area (Å²) in [5.74, 6) is 0.157. The molecule has 2 aromatic carbocycles. The summed E-state index contributed by atoms with van der Waals surface area (Å²) in [5.41, 5.74) is 5.46. The number of benzene rings is 2. The number of carbonyl (C=O) groups is 1. The Balaban J connectivity index is 1.18. The number of hydrogen-bond acceptors (Lipinski definition) is 3. The molecular formula is C27H26BrFN4O. The quantitative estimate of drug-likeness (QED) is 0.358. The van der Waals surface area contributed by atoms with Gasteiger partial charge in [-0.1, -0.05) is 24.3 Å². The number of nitrogens with zero attached hydrogens (tertiary/aromatic N) is 3. The molecular weight excluding hydrogens is 495 g/mol. The molecule has 5 nitrogen and oxygen atoms in total. The van der Waals surface area contributed by atoms with E-state index >= 15 is 0 Å². The number of nitrogens with one attached hydrogen (secondary N) is 1. The summed E-state index contributed by atoms with van der Waals surface area (Å²) in [6.45, 7) is 4.25. The first-order valence-corrected chi connectivity index (χ1v) is 12.3. The van der Waals surface area contributed by atoms with Crippen molar-refractivity contribution in [2.75, 3.05) is 18.0 Å². The average molecular weight is 521 g/mol. The van der Waals surface area contributed by atoms with E-state index in [0.717, 1.165) is 41.6 Å². The van der Waals surface area contributed by atoms with Crippen LogP contribution in [-0.4, -0.2) is 28.4 Å². The second-order valence-corrected chi connectivity index (χ2v) is 9.70. The van der Waals surface area contributed by atoms with Crippen LogP contribution in [0.1, 0.15) is 46.1 Å². The summed E-state index contributed by atoms with van der Waals surface area (Å²) in [5, 5.41) is 3.03. The Labute approximate surface area is 206 Å². The molecule has 4 aromatic rings. The van der Waals surface area contributed by atoms with Gasteiger partial charge >= 0.3 is 0 Å². The van der Waals surface area contributed by atoms with E-state index in [0.29, 0.717) is 23.9 Å². The molecule has 0 radical (unpaired) electrons. The fourth-order valence-corrected chi connectivity index (χ4v) is 5.04. The number of aryl methyl sites for hydroxylation is 1. The maximum absolute atomic E-state index is 13.2. The minimum atomic E-state index is -0.181. The summed E-state index contributed by atoms with van der Waals surface area (Å²) >= 11 is 3.46. The van der Waals surface area contributed by atoms with Crippen molar-refractivity contribution < 1.29 is 9.18 Å². The van der Waals surface area contributed by atoms with Crippen LogP contribution < -0.4 is 10.2 Å². The number of carbonyl (C=O) groups excluding carboxylic acids is 1. The van der Waals surface area contributed by atoms with E-state index in [4.69, 9.17) is 0 Å². The summed E-state index contributed by atoms with van der Waals surface area (Å²) < 4.78 is 15.9. The highest BCUT2D eigenvalue weighted by Gasteiger charge is 2.21. The molecule has 1 amide bonds. The minimum Gasteiger partial charge on any atom is -0.371 e. The van der Waals surface area contributed by atoms with Gasteiger partial charge in [-0.25, -0.2) is 9.37 Å². The third-order valence-corrected chi connectivity index (χ3v) is 7.03. The topological polar surface area (TPSA) is 49.6 Å². The van der Waals surface area contributed by atoms with Crippen molar-refractivity contribution in [2.24, 2.45) is 0 Å². The first-order chi connectivity index (χ1) is 16.5. The van der Waals surface area contributed by atoms with Crippen LogP contribution in [0.2, 0.25) is 0 Å². The Bertz CT molecular complexity index is 1310. The van der Waals surface area contributed by atoms with Gasteiger partial charge in [-0.2, -0.15) is 0 Å². The molecule has 0 saturated carbocycles. The Morgan fingerprint density at radius 1 is 1.06 bits per heavy atom. The summed E-state index contributed by atoms with van der Waals surface area (Å²) in [6, 6.07) is 19.1. The fourth-order valence-electron chi connectivity index (χ4n) is 4.71. The molecule has 0 atom stereocenters. The van der Waals surface area contributed by atoms with Crippen molar-refractivity contribution in [2.45, 2.75) is 32.2 Å². The number of aromatic nitrogens is 2. The van der Waals surface area contributed by atoms with Crippen LogP contribution in [0.15, 0.2) is 71.3 Å². The van der Waals surface area contributed by atoms with Crippen molar-refractivity contribution in [1.29, 1.82) is 0 Å². The molecule has 34 heavy (non-hydrogen) atoms. The number of rotatable bonds is 5. The van der Waals surface area contributed by atoms with Crippen LogP contribution >= 0.6 is 15.9 Å². The molecule has 1 saturated heterocycles. The molecule has 1 fully saturated rings. The number of halogens is 2. The van der Waals surface area contributed by atoms with Crippen molar-refractivity contribution in [3.8, 4) is 0 Å². The second kappa shape index (κ2) is 9.58. The largest absolute Gasteiger partial charge is 0.371 e. The van der Waals surface area contributed by atoms with E-state index < -0.39 is 0 Å². The zero-order chi connectivity index (χ0) is 23.7. The molecule has 1 aliphatic rings. The van der Waals surface area contributed by atoms with Crippen LogP contribution in [0.25, 0.3) is 5.65 Å². The lowest BCUT2D eigenvalue weighted by Gasteiger charge is -2.34. The van der Waals surface area contributed by atoms with Crippen LogP contribution in [0.5, 0.6) is 0 Å². The molecule has 3 heterocycles. The van der Waals surface area contributed by atoms with E-state index in [1.54, 1.807) is 12.1 Å². The van der Waals surface area contributed by atoms with Gasteiger partial charge in [0.1, 0.15) is 17.2 Å². The third kappa shape index (κ3) is 4.71. The number of fused-ring (bicyclic) bond motifs is 1. The Morgan fingerprint density at radius 2 is 1.76 bits per heavy atom. The normalized spacial score (nSPS) is 14.5. The van der Waals surface area contributed by atoms with Gasteiger partial charge in [0.2, 0.25) is 0 Å². The van der Waals surface area contributed by atoms with Crippen LogP contribution in [0.4, 0.5) is 10.1 Å². The summed E-state index contributed by atoms with van der Waals surface area (Å²) in [7, 11) is 0. The Morgan fingerprint density at radius 3 is 2.47 bits per heavy atom. The highest BCUT2D eigenvalue weighted by molar-refractivity contribution is 9.10. The SMILES string of the molecule is Cc1nc2ccc(Br)cn2c1C(=O)NCc1ccc(N2CCC(c3ccc(F)cc3)CC2)cc1. The Kier molecular flexibility index (Phi) is 6.37. The first kappa shape index (κ1) is 22.6. The molecule has 0 unspecified atom stereocenters. The predicted octanol–water partition coefficient (Wildman–Crippen LogP) is 5.86. The number of hydrogen-bond donors (Lipinski definition) is 1.